The lowest BCUT2D eigenvalue weighted by molar-refractivity contribution is -0.146. The van der Waals surface area contributed by atoms with Crippen molar-refractivity contribution in [2.45, 2.75) is 47.6 Å². The number of nitrogens with one attached hydrogen (secondary N) is 1. The van der Waals surface area contributed by atoms with Crippen LogP contribution in [0.1, 0.15) is 41.5 Å². The zero-order valence-electron chi connectivity index (χ0n) is 11.3. The van der Waals surface area contributed by atoms with Gasteiger partial charge in [-0.3, -0.25) is 9.59 Å². The number of carbonyl (C=O) groups is 2. The van der Waals surface area contributed by atoms with Crippen LogP contribution in [-0.2, 0) is 9.59 Å². The molecule has 1 aliphatic heterocycles. The first kappa shape index (κ1) is 14.9. The maximum Gasteiger partial charge on any atom is 0.312 e. The van der Waals surface area contributed by atoms with Crippen LogP contribution in [0.15, 0.2) is 0 Å². The molecule has 4 nitrogen and oxygen atoms in total. The number of nitrogens with zero attached hydrogens (tertiary/aromatic N) is 1. The first-order valence-corrected chi connectivity index (χ1v) is 5.92. The fraction of sp³-hybridized carbons (Fsp3) is 0.833. The number of carbonyl (C=O) groups excluding carboxylic acids is 2. The number of hydrogen-bond acceptors (Lipinski definition) is 2. The summed E-state index contributed by atoms with van der Waals surface area (Å²) in [6, 6.07) is 0.0747. The van der Waals surface area contributed by atoms with E-state index in [2.05, 4.69) is 5.32 Å². The van der Waals surface area contributed by atoms with Crippen LogP contribution < -0.4 is 5.32 Å². The van der Waals surface area contributed by atoms with Crippen molar-refractivity contribution in [2.75, 3.05) is 13.1 Å². The van der Waals surface area contributed by atoms with Gasteiger partial charge in [-0.25, -0.2) is 0 Å². The highest BCUT2D eigenvalue weighted by molar-refractivity contribution is 6.35. The van der Waals surface area contributed by atoms with Gasteiger partial charge in [0, 0.05) is 19.1 Å². The van der Waals surface area contributed by atoms with Crippen LogP contribution in [-0.4, -0.2) is 35.8 Å². The number of hydrogen-bond donors (Lipinski definition) is 1. The quantitative estimate of drug-likeness (QED) is 0.690. The first-order chi connectivity index (χ1) is 7.33. The Labute approximate surface area is 98.4 Å². The highest BCUT2D eigenvalue weighted by Crippen LogP contribution is 2.19. The third-order valence-corrected chi connectivity index (χ3v) is 2.40. The van der Waals surface area contributed by atoms with Gasteiger partial charge in [-0.2, -0.15) is 0 Å². The molecule has 0 bridgehead atoms. The van der Waals surface area contributed by atoms with E-state index < -0.39 is 11.8 Å². The summed E-state index contributed by atoms with van der Waals surface area (Å²) in [7, 11) is 0. The molecule has 94 valence electrons. The van der Waals surface area contributed by atoms with Crippen molar-refractivity contribution in [3.05, 3.63) is 0 Å². The smallest absolute Gasteiger partial charge is 0.312 e. The van der Waals surface area contributed by atoms with Crippen molar-refractivity contribution < 1.29 is 9.59 Å². The van der Waals surface area contributed by atoms with E-state index >= 15 is 0 Å². The SMILES string of the molecule is CC.CC(C)N1CC(C)(C)CNC(=O)C1=O. The minimum atomic E-state index is -0.482. The highest BCUT2D eigenvalue weighted by atomic mass is 16.2. The van der Waals surface area contributed by atoms with Crippen molar-refractivity contribution in [1.29, 1.82) is 0 Å². The summed E-state index contributed by atoms with van der Waals surface area (Å²) in [5, 5.41) is 2.64. The van der Waals surface area contributed by atoms with Gasteiger partial charge < -0.3 is 10.2 Å². The average molecular weight is 228 g/mol. The second-order valence-corrected chi connectivity index (χ2v) is 4.87. The zero-order chi connectivity index (χ0) is 12.9. The average Bonchev–Trinajstić information content (AvgIpc) is 2.33. The van der Waals surface area contributed by atoms with Crippen molar-refractivity contribution in [3.63, 3.8) is 0 Å². The van der Waals surface area contributed by atoms with Gasteiger partial charge in [-0.1, -0.05) is 27.7 Å². The molecular weight excluding hydrogens is 204 g/mol. The fourth-order valence-electron chi connectivity index (χ4n) is 1.53. The normalized spacial score (nSPS) is 19.8. The van der Waals surface area contributed by atoms with Gasteiger partial charge in [-0.15, -0.1) is 0 Å². The molecule has 0 aromatic rings. The van der Waals surface area contributed by atoms with E-state index in [9.17, 15) is 9.59 Å². The monoisotopic (exact) mass is 228 g/mol. The Bertz CT molecular complexity index is 260. The van der Waals surface area contributed by atoms with E-state index in [1.807, 2.05) is 41.5 Å². The van der Waals surface area contributed by atoms with Crippen LogP contribution >= 0.6 is 0 Å². The van der Waals surface area contributed by atoms with Crippen molar-refractivity contribution in [1.82, 2.24) is 10.2 Å². The number of rotatable bonds is 1. The molecule has 1 fully saturated rings. The summed E-state index contributed by atoms with van der Waals surface area (Å²) in [5.74, 6) is -0.894. The Balaban J connectivity index is 0.00000106. The molecule has 0 spiro atoms. The predicted molar refractivity (Wildman–Crippen MR) is 65.0 cm³/mol. The van der Waals surface area contributed by atoms with Crippen molar-refractivity contribution in [3.8, 4) is 0 Å². The standard InChI is InChI=1S/C10H18N2O2.C2H6/c1-7(2)12-6-10(3,4)5-11-8(13)9(12)14;1-2/h7H,5-6H2,1-4H3,(H,11,13);1-2H3. The second-order valence-electron chi connectivity index (χ2n) is 4.87. The molecule has 1 N–H and O–H groups in total. The zero-order valence-corrected chi connectivity index (χ0v) is 11.3. The summed E-state index contributed by atoms with van der Waals surface area (Å²) in [6.07, 6.45) is 0. The summed E-state index contributed by atoms with van der Waals surface area (Å²) < 4.78 is 0. The van der Waals surface area contributed by atoms with Gasteiger partial charge in [0.15, 0.2) is 0 Å². The molecule has 0 saturated carbocycles. The van der Waals surface area contributed by atoms with E-state index in [0.717, 1.165) is 0 Å². The minimum absolute atomic E-state index is 0.0495. The molecule has 0 unspecified atom stereocenters. The van der Waals surface area contributed by atoms with Gasteiger partial charge in [-0.05, 0) is 19.3 Å². The van der Waals surface area contributed by atoms with Crippen LogP contribution in [0.4, 0.5) is 0 Å². The topological polar surface area (TPSA) is 49.4 Å². The Morgan fingerprint density at radius 3 is 2.19 bits per heavy atom. The van der Waals surface area contributed by atoms with Gasteiger partial charge in [0.25, 0.3) is 0 Å². The molecule has 1 heterocycles. The molecule has 1 rings (SSSR count). The van der Waals surface area contributed by atoms with E-state index in [-0.39, 0.29) is 11.5 Å². The van der Waals surface area contributed by atoms with E-state index in [0.29, 0.717) is 13.1 Å². The predicted octanol–water partition coefficient (Wildman–Crippen LogP) is 1.41. The molecule has 0 radical (unpaired) electrons. The molecule has 4 heteroatoms. The van der Waals surface area contributed by atoms with Crippen LogP contribution in [0.3, 0.4) is 0 Å². The summed E-state index contributed by atoms with van der Waals surface area (Å²) in [6.45, 7) is 13.1. The van der Waals surface area contributed by atoms with Crippen LogP contribution in [0.2, 0.25) is 0 Å². The van der Waals surface area contributed by atoms with Crippen LogP contribution in [0, 0.1) is 5.41 Å². The molecule has 1 saturated heterocycles. The second kappa shape index (κ2) is 5.87. The summed E-state index contributed by atoms with van der Waals surface area (Å²) >= 11 is 0. The van der Waals surface area contributed by atoms with E-state index in [1.54, 1.807) is 4.90 Å². The molecule has 2 amide bonds. The molecule has 0 atom stereocenters. The molecule has 0 aliphatic carbocycles. The fourth-order valence-corrected chi connectivity index (χ4v) is 1.53. The van der Waals surface area contributed by atoms with Crippen LogP contribution in [0.5, 0.6) is 0 Å². The maximum absolute atomic E-state index is 11.6. The Kier molecular flexibility index (Phi) is 5.48. The minimum Gasteiger partial charge on any atom is -0.347 e. The van der Waals surface area contributed by atoms with E-state index in [1.165, 1.54) is 0 Å². The summed E-state index contributed by atoms with van der Waals surface area (Å²) in [5.41, 5.74) is -0.0495. The molecule has 0 aromatic heterocycles. The van der Waals surface area contributed by atoms with Gasteiger partial charge in [0.2, 0.25) is 0 Å². The van der Waals surface area contributed by atoms with Gasteiger partial charge in [0.1, 0.15) is 0 Å². The maximum atomic E-state index is 11.6. The first-order valence-electron chi connectivity index (χ1n) is 5.92. The molecule has 1 aliphatic rings. The molecular formula is C12H24N2O2. The Morgan fingerprint density at radius 2 is 1.75 bits per heavy atom. The lowest BCUT2D eigenvalue weighted by atomic mass is 9.93. The third-order valence-electron chi connectivity index (χ3n) is 2.40. The van der Waals surface area contributed by atoms with Crippen molar-refractivity contribution >= 4 is 11.8 Å². The lowest BCUT2D eigenvalue weighted by Gasteiger charge is -2.31. The third kappa shape index (κ3) is 3.83. The Hall–Kier alpha value is -1.06. The number of amides is 2. The van der Waals surface area contributed by atoms with Gasteiger partial charge in [0.05, 0.1) is 0 Å². The Morgan fingerprint density at radius 1 is 1.25 bits per heavy atom. The largest absolute Gasteiger partial charge is 0.347 e. The van der Waals surface area contributed by atoms with Gasteiger partial charge >= 0.3 is 11.8 Å². The van der Waals surface area contributed by atoms with Crippen LogP contribution in [0.25, 0.3) is 0 Å². The summed E-state index contributed by atoms with van der Waals surface area (Å²) in [4.78, 5) is 24.5. The van der Waals surface area contributed by atoms with E-state index in [4.69, 9.17) is 0 Å². The molecule has 16 heavy (non-hydrogen) atoms. The lowest BCUT2D eigenvalue weighted by Crippen LogP contribution is -2.44. The highest BCUT2D eigenvalue weighted by Gasteiger charge is 2.34. The molecule has 0 aromatic carbocycles. The van der Waals surface area contributed by atoms with Crippen molar-refractivity contribution in [2.24, 2.45) is 5.41 Å².